The summed E-state index contributed by atoms with van der Waals surface area (Å²) in [5, 5.41) is 14.6. The molecule has 0 saturated heterocycles. The molecular weight excluding hydrogens is 258 g/mol. The Morgan fingerprint density at radius 2 is 2.44 bits per heavy atom. The minimum absolute atomic E-state index is 0.0506. The Hall–Kier alpha value is -1.67. The van der Waals surface area contributed by atoms with Crippen molar-refractivity contribution in [1.29, 1.82) is 0 Å². The van der Waals surface area contributed by atoms with Crippen LogP contribution in [-0.2, 0) is 14.4 Å². The van der Waals surface area contributed by atoms with Crippen molar-refractivity contribution in [1.82, 2.24) is 4.98 Å². The molecule has 0 radical (unpaired) electrons. The zero-order chi connectivity index (χ0) is 12.1. The van der Waals surface area contributed by atoms with Gasteiger partial charge >= 0.3 is 5.97 Å². The number of carboxylic acids is 1. The predicted molar refractivity (Wildman–Crippen MR) is 58.0 cm³/mol. The quantitative estimate of drug-likeness (QED) is 0.465. The van der Waals surface area contributed by atoms with E-state index in [-0.39, 0.29) is 15.2 Å². The molecule has 0 spiro atoms. The number of carbonyl (C=O) groups excluding carboxylic acids is 1. The first-order chi connectivity index (χ1) is 7.60. The van der Waals surface area contributed by atoms with Gasteiger partial charge < -0.3 is 15.3 Å². The van der Waals surface area contributed by atoms with Gasteiger partial charge in [-0.05, 0) is 0 Å². The number of hydrogen-bond donors (Lipinski definition) is 2. The number of aliphatic carboxylic acids is 1. The summed E-state index contributed by atoms with van der Waals surface area (Å²) < 4.78 is 0.0996. The first-order valence-electron chi connectivity index (χ1n) is 3.81. The molecule has 0 aliphatic heterocycles. The van der Waals surface area contributed by atoms with Gasteiger partial charge in [0.2, 0.25) is 12.1 Å². The van der Waals surface area contributed by atoms with Gasteiger partial charge in [0.05, 0.1) is 0 Å². The lowest BCUT2D eigenvalue weighted by atomic mass is 10.3. The van der Waals surface area contributed by atoms with E-state index in [0.29, 0.717) is 6.41 Å². The number of rotatable bonds is 5. The van der Waals surface area contributed by atoms with Crippen LogP contribution in [0.15, 0.2) is 5.16 Å². The summed E-state index contributed by atoms with van der Waals surface area (Å²) in [6, 6.07) is 0. The van der Waals surface area contributed by atoms with Crippen LogP contribution in [0.25, 0.3) is 0 Å². The van der Waals surface area contributed by atoms with Crippen LogP contribution in [0.1, 0.15) is 5.69 Å². The van der Waals surface area contributed by atoms with Gasteiger partial charge in [-0.15, -0.1) is 0 Å². The smallest absolute Gasteiger partial charge is 0.360 e. The molecule has 0 aromatic carbocycles. The molecule has 0 saturated carbocycles. The Balaban J connectivity index is 3.14. The standard InChI is InChI=1S/C7H6ClN3O4S/c1-15-11-4(6(13)14)3-5(8)16-7(10-3)9-2-12/h2H,1H3,(H,13,14)(H,9,10,12). The molecule has 0 atom stereocenters. The number of hydrogen-bond acceptors (Lipinski definition) is 6. The summed E-state index contributed by atoms with van der Waals surface area (Å²) in [5.41, 5.74) is -0.479. The van der Waals surface area contributed by atoms with Gasteiger partial charge in [0, 0.05) is 0 Å². The van der Waals surface area contributed by atoms with E-state index in [4.69, 9.17) is 16.7 Å². The minimum Gasteiger partial charge on any atom is -0.476 e. The maximum absolute atomic E-state index is 10.8. The third-order valence-electron chi connectivity index (χ3n) is 1.38. The highest BCUT2D eigenvalue weighted by Crippen LogP contribution is 2.28. The minimum atomic E-state index is -1.33. The Morgan fingerprint density at radius 1 is 1.75 bits per heavy atom. The van der Waals surface area contributed by atoms with Gasteiger partial charge in [0.15, 0.2) is 5.13 Å². The van der Waals surface area contributed by atoms with Gasteiger partial charge in [-0.25, -0.2) is 9.78 Å². The number of amides is 1. The lowest BCUT2D eigenvalue weighted by Crippen LogP contribution is -2.15. The zero-order valence-corrected chi connectivity index (χ0v) is 9.50. The molecular formula is C7H6ClN3O4S. The molecule has 86 valence electrons. The van der Waals surface area contributed by atoms with Crippen molar-refractivity contribution in [2.75, 3.05) is 12.4 Å². The number of thiazole rings is 1. The van der Waals surface area contributed by atoms with Crippen molar-refractivity contribution in [3.8, 4) is 0 Å². The van der Waals surface area contributed by atoms with Crippen molar-refractivity contribution in [2.45, 2.75) is 0 Å². The van der Waals surface area contributed by atoms with E-state index in [1.807, 2.05) is 0 Å². The van der Waals surface area contributed by atoms with E-state index in [1.54, 1.807) is 0 Å². The lowest BCUT2D eigenvalue weighted by Gasteiger charge is -1.96. The van der Waals surface area contributed by atoms with Gasteiger partial charge in [-0.3, -0.25) is 4.79 Å². The van der Waals surface area contributed by atoms with Gasteiger partial charge in [0.1, 0.15) is 17.1 Å². The van der Waals surface area contributed by atoms with Gasteiger partial charge in [0.25, 0.3) is 0 Å². The van der Waals surface area contributed by atoms with Crippen LogP contribution in [0.4, 0.5) is 5.13 Å². The van der Waals surface area contributed by atoms with Crippen molar-refractivity contribution in [3.05, 3.63) is 10.0 Å². The molecule has 16 heavy (non-hydrogen) atoms. The normalized spacial score (nSPS) is 11.0. The summed E-state index contributed by atoms with van der Waals surface area (Å²) in [4.78, 5) is 29.1. The summed E-state index contributed by atoms with van der Waals surface area (Å²) in [6.45, 7) is 0. The van der Waals surface area contributed by atoms with Crippen LogP contribution in [0, 0.1) is 0 Å². The van der Waals surface area contributed by atoms with Crippen molar-refractivity contribution in [3.63, 3.8) is 0 Å². The molecule has 9 heteroatoms. The summed E-state index contributed by atoms with van der Waals surface area (Å²) in [6.07, 6.45) is 0.410. The van der Waals surface area contributed by atoms with Gasteiger partial charge in [-0.1, -0.05) is 28.1 Å². The van der Waals surface area contributed by atoms with E-state index < -0.39 is 11.7 Å². The Kier molecular flexibility index (Phi) is 4.20. The van der Waals surface area contributed by atoms with Crippen molar-refractivity contribution >= 4 is 46.2 Å². The lowest BCUT2D eigenvalue weighted by molar-refractivity contribution is -0.129. The monoisotopic (exact) mass is 263 g/mol. The first-order valence-corrected chi connectivity index (χ1v) is 5.01. The molecule has 0 aliphatic carbocycles. The Morgan fingerprint density at radius 3 is 2.94 bits per heavy atom. The number of aromatic nitrogens is 1. The summed E-state index contributed by atoms with van der Waals surface area (Å²) >= 11 is 6.68. The fourth-order valence-corrected chi connectivity index (χ4v) is 1.84. The summed E-state index contributed by atoms with van der Waals surface area (Å²) in [5.74, 6) is -1.33. The SMILES string of the molecule is CON=C(C(=O)O)c1nc(NC=O)sc1Cl. The molecule has 1 amide bonds. The van der Waals surface area contributed by atoms with Crippen LogP contribution in [0.5, 0.6) is 0 Å². The predicted octanol–water partition coefficient (Wildman–Crippen LogP) is 0.800. The van der Waals surface area contributed by atoms with Gasteiger partial charge in [-0.2, -0.15) is 0 Å². The molecule has 2 N–H and O–H groups in total. The highest BCUT2D eigenvalue weighted by atomic mass is 35.5. The van der Waals surface area contributed by atoms with Crippen molar-refractivity contribution < 1.29 is 19.5 Å². The molecule has 1 aromatic rings. The average Bonchev–Trinajstić information content (AvgIpc) is 2.56. The number of oxime groups is 1. The molecule has 1 aromatic heterocycles. The third-order valence-corrected chi connectivity index (χ3v) is 2.56. The molecule has 0 fully saturated rings. The fourth-order valence-electron chi connectivity index (χ4n) is 0.835. The summed E-state index contributed by atoms with van der Waals surface area (Å²) in [7, 11) is 1.20. The molecule has 0 bridgehead atoms. The largest absolute Gasteiger partial charge is 0.476 e. The maximum Gasteiger partial charge on any atom is 0.360 e. The fraction of sp³-hybridized carbons (Fsp3) is 0.143. The van der Waals surface area contributed by atoms with Crippen LogP contribution in [0.2, 0.25) is 4.34 Å². The number of carbonyl (C=O) groups is 2. The number of halogens is 1. The van der Waals surface area contributed by atoms with Crippen LogP contribution in [0.3, 0.4) is 0 Å². The van der Waals surface area contributed by atoms with Crippen molar-refractivity contribution in [2.24, 2.45) is 5.16 Å². The molecule has 7 nitrogen and oxygen atoms in total. The molecule has 0 aliphatic rings. The van der Waals surface area contributed by atoms with Crippen LogP contribution in [-0.4, -0.2) is 35.3 Å². The molecule has 0 unspecified atom stereocenters. The van der Waals surface area contributed by atoms with E-state index in [9.17, 15) is 9.59 Å². The van der Waals surface area contributed by atoms with E-state index in [0.717, 1.165) is 11.3 Å². The topological polar surface area (TPSA) is 101 Å². The first kappa shape index (κ1) is 12.4. The van der Waals surface area contributed by atoms with E-state index >= 15 is 0 Å². The highest BCUT2D eigenvalue weighted by Gasteiger charge is 2.21. The second kappa shape index (κ2) is 5.42. The number of carboxylic acid groups (broad SMARTS) is 1. The molecule has 1 rings (SSSR count). The Labute approximate surface area is 98.7 Å². The van der Waals surface area contributed by atoms with Crippen LogP contribution < -0.4 is 5.32 Å². The second-order valence-electron chi connectivity index (χ2n) is 2.33. The molecule has 1 heterocycles. The number of nitrogens with zero attached hydrogens (tertiary/aromatic N) is 2. The second-order valence-corrected chi connectivity index (χ2v) is 3.93. The average molecular weight is 264 g/mol. The maximum atomic E-state index is 10.8. The highest BCUT2D eigenvalue weighted by molar-refractivity contribution is 7.20. The number of anilines is 1. The van der Waals surface area contributed by atoms with E-state index in [2.05, 4.69) is 20.3 Å². The zero-order valence-electron chi connectivity index (χ0n) is 7.93. The van der Waals surface area contributed by atoms with E-state index in [1.165, 1.54) is 7.11 Å². The Bertz CT molecular complexity index is 445. The van der Waals surface area contributed by atoms with Crippen LogP contribution >= 0.6 is 22.9 Å². The third kappa shape index (κ3) is 2.67. The number of nitrogens with one attached hydrogen (secondary N) is 1.